The summed E-state index contributed by atoms with van der Waals surface area (Å²) in [5.41, 5.74) is 4.15. The standard InChI is InChI=1S/C19H22N6O/c1-12(18-16-5-3-2-4-13(16)8-20-18)24-9-14(10-24)21-19(26)17-11-25(23-22-17)15-6-7-15/h2-5,11-12,14-15H,6-10H2,1H3,(H,21,26). The summed E-state index contributed by atoms with van der Waals surface area (Å²) in [7, 11) is 0. The van der Waals surface area contributed by atoms with Gasteiger partial charge in [-0.2, -0.15) is 0 Å². The van der Waals surface area contributed by atoms with Crippen LogP contribution in [0.25, 0.3) is 0 Å². The zero-order chi connectivity index (χ0) is 17.7. The molecule has 1 N–H and O–H groups in total. The Bertz CT molecular complexity index is 878. The summed E-state index contributed by atoms with van der Waals surface area (Å²) in [5.74, 6) is -0.127. The van der Waals surface area contributed by atoms with Crippen molar-refractivity contribution in [1.29, 1.82) is 0 Å². The Labute approximate surface area is 152 Å². The van der Waals surface area contributed by atoms with E-state index in [-0.39, 0.29) is 18.0 Å². The van der Waals surface area contributed by atoms with E-state index in [1.165, 1.54) is 11.1 Å². The van der Waals surface area contributed by atoms with Gasteiger partial charge in [-0.05, 0) is 25.3 Å². The fraction of sp³-hybridized carbons (Fsp3) is 0.474. The smallest absolute Gasteiger partial charge is 0.273 e. The molecule has 26 heavy (non-hydrogen) atoms. The molecule has 7 heteroatoms. The van der Waals surface area contributed by atoms with Gasteiger partial charge in [-0.3, -0.25) is 14.7 Å². The molecule has 1 aromatic heterocycles. The van der Waals surface area contributed by atoms with Gasteiger partial charge in [0.2, 0.25) is 0 Å². The van der Waals surface area contributed by atoms with Gasteiger partial charge in [0.25, 0.3) is 5.91 Å². The van der Waals surface area contributed by atoms with Crippen LogP contribution in [0.15, 0.2) is 35.5 Å². The third kappa shape index (κ3) is 2.72. The van der Waals surface area contributed by atoms with E-state index in [9.17, 15) is 4.79 Å². The highest BCUT2D eigenvalue weighted by molar-refractivity contribution is 6.07. The van der Waals surface area contributed by atoms with Crippen LogP contribution in [0.3, 0.4) is 0 Å². The second-order valence-electron chi connectivity index (χ2n) is 7.47. The predicted molar refractivity (Wildman–Crippen MR) is 97.3 cm³/mol. The molecular weight excluding hydrogens is 328 g/mol. The molecule has 5 rings (SSSR count). The van der Waals surface area contributed by atoms with Crippen molar-refractivity contribution in [3.63, 3.8) is 0 Å². The maximum absolute atomic E-state index is 12.3. The Balaban J connectivity index is 1.16. The molecule has 0 radical (unpaired) electrons. The summed E-state index contributed by atoms with van der Waals surface area (Å²) in [4.78, 5) is 19.4. The molecule has 0 spiro atoms. The molecule has 2 aromatic rings. The minimum Gasteiger partial charge on any atom is -0.345 e. The highest BCUT2D eigenvalue weighted by Crippen LogP contribution is 2.33. The number of hydrogen-bond acceptors (Lipinski definition) is 5. The van der Waals surface area contributed by atoms with Gasteiger partial charge in [-0.1, -0.05) is 29.5 Å². The lowest BCUT2D eigenvalue weighted by atomic mass is 9.97. The van der Waals surface area contributed by atoms with Crippen LogP contribution < -0.4 is 5.32 Å². The number of likely N-dealkylation sites (tertiary alicyclic amines) is 1. The number of hydrogen-bond donors (Lipinski definition) is 1. The second kappa shape index (κ2) is 6.02. The zero-order valence-corrected chi connectivity index (χ0v) is 14.8. The van der Waals surface area contributed by atoms with Gasteiger partial charge < -0.3 is 5.32 Å². The Morgan fingerprint density at radius 2 is 2.08 bits per heavy atom. The molecule has 1 unspecified atom stereocenters. The third-order valence-electron chi connectivity index (χ3n) is 5.57. The number of amides is 1. The molecule has 7 nitrogen and oxygen atoms in total. The maximum Gasteiger partial charge on any atom is 0.273 e. The van der Waals surface area contributed by atoms with Gasteiger partial charge in [0.15, 0.2) is 5.69 Å². The van der Waals surface area contributed by atoms with Crippen molar-refractivity contribution in [2.75, 3.05) is 13.1 Å². The molecule has 0 bridgehead atoms. The molecule has 2 fully saturated rings. The van der Waals surface area contributed by atoms with Crippen LogP contribution in [0.2, 0.25) is 0 Å². The van der Waals surface area contributed by atoms with Crippen molar-refractivity contribution in [1.82, 2.24) is 25.2 Å². The molecule has 134 valence electrons. The molecule has 3 heterocycles. The monoisotopic (exact) mass is 350 g/mol. The molecular formula is C19H22N6O. The predicted octanol–water partition coefficient (Wildman–Crippen LogP) is 1.42. The number of aliphatic imine (C=N–C) groups is 1. The van der Waals surface area contributed by atoms with E-state index >= 15 is 0 Å². The van der Waals surface area contributed by atoms with Crippen LogP contribution in [0, 0.1) is 0 Å². The van der Waals surface area contributed by atoms with Gasteiger partial charge >= 0.3 is 0 Å². The van der Waals surface area contributed by atoms with Gasteiger partial charge in [0, 0.05) is 24.7 Å². The van der Waals surface area contributed by atoms with Crippen LogP contribution in [0.1, 0.15) is 47.4 Å². The van der Waals surface area contributed by atoms with Gasteiger partial charge in [-0.15, -0.1) is 5.10 Å². The summed E-state index contributed by atoms with van der Waals surface area (Å²) in [6.07, 6.45) is 4.02. The lowest BCUT2D eigenvalue weighted by Crippen LogP contribution is -2.63. The lowest BCUT2D eigenvalue weighted by Gasteiger charge is -2.43. The van der Waals surface area contributed by atoms with Crippen molar-refractivity contribution in [3.05, 3.63) is 47.3 Å². The highest BCUT2D eigenvalue weighted by atomic mass is 16.2. The maximum atomic E-state index is 12.3. The van der Waals surface area contributed by atoms with E-state index in [1.807, 2.05) is 0 Å². The molecule has 1 saturated heterocycles. The normalized spacial score (nSPS) is 21.0. The summed E-state index contributed by atoms with van der Waals surface area (Å²) in [6, 6.07) is 9.30. The van der Waals surface area contributed by atoms with E-state index in [4.69, 9.17) is 4.99 Å². The average molecular weight is 350 g/mol. The van der Waals surface area contributed by atoms with Crippen molar-refractivity contribution in [3.8, 4) is 0 Å². The summed E-state index contributed by atoms with van der Waals surface area (Å²) >= 11 is 0. The van der Waals surface area contributed by atoms with Gasteiger partial charge in [-0.25, -0.2) is 4.68 Å². The number of aromatic nitrogens is 3. The quantitative estimate of drug-likeness (QED) is 0.885. The van der Waals surface area contributed by atoms with Crippen molar-refractivity contribution < 1.29 is 4.79 Å². The first-order valence-electron chi connectivity index (χ1n) is 9.28. The third-order valence-corrected chi connectivity index (χ3v) is 5.57. The largest absolute Gasteiger partial charge is 0.345 e. The van der Waals surface area contributed by atoms with E-state index in [0.29, 0.717) is 11.7 Å². The molecule has 1 amide bonds. The molecule has 2 aliphatic heterocycles. The number of carbonyl (C=O) groups excluding carboxylic acids is 1. The fourth-order valence-electron chi connectivity index (χ4n) is 3.77. The first kappa shape index (κ1) is 15.7. The SMILES string of the molecule is CC(C1=NCc2ccccc21)N1CC(NC(=O)c2cn(C3CC3)nn2)C1. The first-order valence-corrected chi connectivity index (χ1v) is 9.28. The van der Waals surface area contributed by atoms with Crippen molar-refractivity contribution >= 4 is 11.6 Å². The Morgan fingerprint density at radius 1 is 1.27 bits per heavy atom. The highest BCUT2D eigenvalue weighted by Gasteiger charge is 2.35. The van der Waals surface area contributed by atoms with E-state index in [0.717, 1.165) is 38.2 Å². The van der Waals surface area contributed by atoms with E-state index < -0.39 is 0 Å². The first-order chi connectivity index (χ1) is 12.7. The van der Waals surface area contributed by atoms with Crippen LogP contribution in [0.4, 0.5) is 0 Å². The number of fused-ring (bicyclic) bond motifs is 1. The number of nitrogens with zero attached hydrogens (tertiary/aromatic N) is 5. The number of benzene rings is 1. The summed E-state index contributed by atoms with van der Waals surface area (Å²) in [6.45, 7) is 4.65. The van der Waals surface area contributed by atoms with Crippen LogP contribution in [-0.2, 0) is 6.54 Å². The second-order valence-corrected chi connectivity index (χ2v) is 7.47. The molecule has 3 aliphatic rings. The number of rotatable bonds is 5. The Kier molecular flexibility index (Phi) is 3.63. The fourth-order valence-corrected chi connectivity index (χ4v) is 3.77. The van der Waals surface area contributed by atoms with Crippen molar-refractivity contribution in [2.24, 2.45) is 4.99 Å². The van der Waals surface area contributed by atoms with Gasteiger partial charge in [0.1, 0.15) is 0 Å². The number of carbonyl (C=O) groups is 1. The van der Waals surface area contributed by atoms with E-state index in [1.54, 1.807) is 10.9 Å². The summed E-state index contributed by atoms with van der Waals surface area (Å²) < 4.78 is 1.81. The van der Waals surface area contributed by atoms with Crippen LogP contribution in [0.5, 0.6) is 0 Å². The van der Waals surface area contributed by atoms with E-state index in [2.05, 4.69) is 51.7 Å². The zero-order valence-electron chi connectivity index (χ0n) is 14.8. The molecule has 1 atom stereocenters. The molecule has 1 aliphatic carbocycles. The lowest BCUT2D eigenvalue weighted by molar-refractivity contribution is 0.0775. The topological polar surface area (TPSA) is 75.4 Å². The minimum atomic E-state index is -0.127. The van der Waals surface area contributed by atoms with Gasteiger partial charge in [0.05, 0.1) is 30.5 Å². The summed E-state index contributed by atoms with van der Waals surface area (Å²) in [5, 5.41) is 11.1. The Morgan fingerprint density at radius 3 is 2.88 bits per heavy atom. The van der Waals surface area contributed by atoms with Crippen molar-refractivity contribution in [2.45, 2.75) is 44.4 Å². The van der Waals surface area contributed by atoms with Crippen LogP contribution in [-0.4, -0.2) is 56.7 Å². The Hall–Kier alpha value is -2.54. The minimum absolute atomic E-state index is 0.127. The molecule has 1 saturated carbocycles. The molecule has 1 aromatic carbocycles. The average Bonchev–Trinajstić information content (AvgIpc) is 3.19. The van der Waals surface area contributed by atoms with Crippen LogP contribution >= 0.6 is 0 Å². The number of nitrogens with one attached hydrogen (secondary N) is 1.